The summed E-state index contributed by atoms with van der Waals surface area (Å²) in [5, 5.41) is 6.09. The average Bonchev–Trinajstić information content (AvgIpc) is 2.46. The van der Waals surface area contributed by atoms with Crippen molar-refractivity contribution in [2.75, 3.05) is 32.9 Å². The highest BCUT2D eigenvalue weighted by molar-refractivity contribution is 14.0. The molecule has 1 aromatic carbocycles. The van der Waals surface area contributed by atoms with Crippen molar-refractivity contribution in [1.82, 2.24) is 15.5 Å². The van der Waals surface area contributed by atoms with Crippen molar-refractivity contribution >= 4 is 47.6 Å². The summed E-state index contributed by atoms with van der Waals surface area (Å²) in [6.45, 7) is 6.67. The molecule has 0 unspecified atom stereocenters. The Morgan fingerprint density at radius 1 is 1.32 bits per heavy atom. The molecule has 0 radical (unpaired) electrons. The van der Waals surface area contributed by atoms with E-state index in [0.717, 1.165) is 0 Å². The normalized spacial score (nSPS) is 11.5. The number of benzene rings is 1. The van der Waals surface area contributed by atoms with E-state index in [1.807, 2.05) is 33.9 Å². The largest absolute Gasteiger partial charge is 0.355 e. The predicted molar refractivity (Wildman–Crippen MR) is 114 cm³/mol. The maximum atomic E-state index is 13.5. The van der Waals surface area contributed by atoms with Gasteiger partial charge in [-0.05, 0) is 32.9 Å². The summed E-state index contributed by atoms with van der Waals surface area (Å²) in [7, 11) is 3.48. The standard InChI is InChI=1S/C17H27FN4OS.HI/c1-17(2,3)21-15(23)12-22(5)16(19-4)20-10-11-24-14-9-7-6-8-13(14)18;/h6-9H,10-12H2,1-5H3,(H,19,20)(H,21,23);1H. The summed E-state index contributed by atoms with van der Waals surface area (Å²) in [6, 6.07) is 6.71. The first-order valence-electron chi connectivity index (χ1n) is 7.83. The molecule has 0 heterocycles. The Morgan fingerprint density at radius 2 is 1.96 bits per heavy atom. The summed E-state index contributed by atoms with van der Waals surface area (Å²) in [4.78, 5) is 18.5. The van der Waals surface area contributed by atoms with Crippen LogP contribution < -0.4 is 10.6 Å². The van der Waals surface area contributed by atoms with Crippen LogP contribution >= 0.6 is 35.7 Å². The van der Waals surface area contributed by atoms with Gasteiger partial charge in [-0.2, -0.15) is 0 Å². The SMILES string of the molecule is CN=C(NCCSc1ccccc1F)N(C)CC(=O)NC(C)(C)C.I. The van der Waals surface area contributed by atoms with Crippen LogP contribution in [-0.2, 0) is 4.79 Å². The molecular formula is C17H28FIN4OS. The van der Waals surface area contributed by atoms with Crippen LogP contribution in [0.1, 0.15) is 20.8 Å². The van der Waals surface area contributed by atoms with Gasteiger partial charge in [-0.15, -0.1) is 35.7 Å². The molecule has 1 amide bonds. The molecule has 0 fully saturated rings. The highest BCUT2D eigenvalue weighted by Gasteiger charge is 2.16. The first-order chi connectivity index (χ1) is 11.2. The van der Waals surface area contributed by atoms with Crippen molar-refractivity contribution in [2.45, 2.75) is 31.2 Å². The van der Waals surface area contributed by atoms with Gasteiger partial charge in [0.1, 0.15) is 5.82 Å². The van der Waals surface area contributed by atoms with Crippen molar-refractivity contribution in [3.05, 3.63) is 30.1 Å². The van der Waals surface area contributed by atoms with Gasteiger partial charge in [0.25, 0.3) is 0 Å². The summed E-state index contributed by atoms with van der Waals surface area (Å²) in [6.07, 6.45) is 0. The lowest BCUT2D eigenvalue weighted by atomic mass is 10.1. The quantitative estimate of drug-likeness (QED) is 0.215. The lowest BCUT2D eigenvalue weighted by Crippen LogP contribution is -2.49. The number of rotatable bonds is 6. The third kappa shape index (κ3) is 9.88. The minimum absolute atomic E-state index is 0. The van der Waals surface area contributed by atoms with Crippen LogP contribution in [0.25, 0.3) is 0 Å². The second-order valence-electron chi connectivity index (χ2n) is 6.41. The first kappa shape index (κ1) is 24.0. The maximum Gasteiger partial charge on any atom is 0.240 e. The number of hydrogen-bond acceptors (Lipinski definition) is 3. The third-order valence-electron chi connectivity index (χ3n) is 2.95. The molecule has 0 saturated carbocycles. The minimum Gasteiger partial charge on any atom is -0.355 e. The fourth-order valence-corrected chi connectivity index (χ4v) is 2.82. The van der Waals surface area contributed by atoms with E-state index in [1.54, 1.807) is 24.1 Å². The van der Waals surface area contributed by atoms with Gasteiger partial charge < -0.3 is 15.5 Å². The van der Waals surface area contributed by atoms with Gasteiger partial charge in [0.05, 0.1) is 6.54 Å². The van der Waals surface area contributed by atoms with Gasteiger partial charge in [-0.1, -0.05) is 12.1 Å². The van der Waals surface area contributed by atoms with E-state index >= 15 is 0 Å². The summed E-state index contributed by atoms with van der Waals surface area (Å²) < 4.78 is 13.5. The predicted octanol–water partition coefficient (Wildman–Crippen LogP) is 2.96. The lowest BCUT2D eigenvalue weighted by molar-refractivity contribution is -0.122. The van der Waals surface area contributed by atoms with Crippen LogP contribution in [0.5, 0.6) is 0 Å². The minimum atomic E-state index is -0.259. The summed E-state index contributed by atoms with van der Waals surface area (Å²) in [5.41, 5.74) is -0.259. The molecule has 0 aromatic heterocycles. The molecule has 0 aliphatic heterocycles. The molecule has 8 heteroatoms. The summed E-state index contributed by atoms with van der Waals surface area (Å²) in [5.74, 6) is 1.06. The maximum absolute atomic E-state index is 13.5. The Kier molecular flexibility index (Phi) is 11.1. The highest BCUT2D eigenvalue weighted by Crippen LogP contribution is 2.20. The highest BCUT2D eigenvalue weighted by atomic mass is 127. The number of nitrogens with zero attached hydrogens (tertiary/aromatic N) is 2. The van der Waals surface area contributed by atoms with E-state index in [-0.39, 0.29) is 47.8 Å². The lowest BCUT2D eigenvalue weighted by Gasteiger charge is -2.25. The second kappa shape index (κ2) is 11.6. The number of carbonyl (C=O) groups excluding carboxylic acids is 1. The fraction of sp³-hybridized carbons (Fsp3) is 0.529. The van der Waals surface area contributed by atoms with Crippen molar-refractivity contribution < 1.29 is 9.18 Å². The van der Waals surface area contributed by atoms with Crippen LogP contribution in [-0.4, -0.2) is 55.2 Å². The number of amides is 1. The van der Waals surface area contributed by atoms with Crippen molar-refractivity contribution in [3.8, 4) is 0 Å². The number of nitrogens with one attached hydrogen (secondary N) is 2. The zero-order valence-corrected chi connectivity index (χ0v) is 18.6. The zero-order chi connectivity index (χ0) is 18.2. The van der Waals surface area contributed by atoms with Crippen LogP contribution in [0.4, 0.5) is 4.39 Å². The molecule has 25 heavy (non-hydrogen) atoms. The van der Waals surface area contributed by atoms with Crippen LogP contribution in [0.3, 0.4) is 0 Å². The second-order valence-corrected chi connectivity index (χ2v) is 7.54. The van der Waals surface area contributed by atoms with Gasteiger partial charge >= 0.3 is 0 Å². The Hall–Kier alpha value is -1.03. The van der Waals surface area contributed by atoms with Crippen LogP contribution in [0.15, 0.2) is 34.2 Å². The molecular weight excluding hydrogens is 454 g/mol. The molecule has 0 aliphatic carbocycles. The van der Waals surface area contributed by atoms with Gasteiger partial charge in [-0.25, -0.2) is 4.39 Å². The van der Waals surface area contributed by atoms with Gasteiger partial charge in [0, 0.05) is 36.8 Å². The first-order valence-corrected chi connectivity index (χ1v) is 8.81. The number of hydrogen-bond donors (Lipinski definition) is 2. The number of carbonyl (C=O) groups is 1. The number of aliphatic imine (C=N–C) groups is 1. The molecule has 0 aliphatic rings. The van der Waals surface area contributed by atoms with Gasteiger partial charge in [0.15, 0.2) is 5.96 Å². The Bertz CT molecular complexity index is 578. The zero-order valence-electron chi connectivity index (χ0n) is 15.4. The summed E-state index contributed by atoms with van der Waals surface area (Å²) >= 11 is 1.44. The molecule has 0 saturated heterocycles. The molecule has 142 valence electrons. The fourth-order valence-electron chi connectivity index (χ4n) is 2.02. The van der Waals surface area contributed by atoms with Crippen molar-refractivity contribution in [2.24, 2.45) is 4.99 Å². The number of halogens is 2. The van der Waals surface area contributed by atoms with E-state index in [0.29, 0.717) is 23.2 Å². The van der Waals surface area contributed by atoms with E-state index in [2.05, 4.69) is 15.6 Å². The smallest absolute Gasteiger partial charge is 0.240 e. The Balaban J connectivity index is 0.00000576. The van der Waals surface area contributed by atoms with E-state index < -0.39 is 0 Å². The van der Waals surface area contributed by atoms with E-state index in [9.17, 15) is 9.18 Å². The molecule has 1 rings (SSSR count). The molecule has 2 N–H and O–H groups in total. The van der Waals surface area contributed by atoms with Crippen LogP contribution in [0.2, 0.25) is 0 Å². The Morgan fingerprint density at radius 3 is 2.52 bits per heavy atom. The van der Waals surface area contributed by atoms with Crippen molar-refractivity contribution in [1.29, 1.82) is 0 Å². The van der Waals surface area contributed by atoms with E-state index in [4.69, 9.17) is 0 Å². The number of guanidine groups is 1. The number of likely N-dealkylation sites (N-methyl/N-ethyl adjacent to an activating group) is 1. The number of thioether (sulfide) groups is 1. The molecule has 0 bridgehead atoms. The van der Waals surface area contributed by atoms with E-state index in [1.165, 1.54) is 17.8 Å². The van der Waals surface area contributed by atoms with Gasteiger partial charge in [-0.3, -0.25) is 9.79 Å². The third-order valence-corrected chi connectivity index (χ3v) is 4.00. The van der Waals surface area contributed by atoms with Gasteiger partial charge in [0.2, 0.25) is 5.91 Å². The van der Waals surface area contributed by atoms with Crippen LogP contribution in [0, 0.1) is 5.82 Å². The molecule has 0 spiro atoms. The topological polar surface area (TPSA) is 56.7 Å². The monoisotopic (exact) mass is 482 g/mol. The van der Waals surface area contributed by atoms with Crippen molar-refractivity contribution in [3.63, 3.8) is 0 Å². The molecule has 1 aromatic rings. The molecule has 5 nitrogen and oxygen atoms in total. The average molecular weight is 482 g/mol. The molecule has 0 atom stereocenters. The Labute approximate surface area is 171 Å².